The normalized spacial score (nSPS) is 18.3. The molecule has 0 unspecified atom stereocenters. The number of thioether (sulfide) groups is 1. The van der Waals surface area contributed by atoms with Crippen molar-refractivity contribution >= 4 is 23.6 Å². The van der Waals surface area contributed by atoms with Gasteiger partial charge in [0.25, 0.3) is 0 Å². The average Bonchev–Trinajstić information content (AvgIpc) is 2.62. The zero-order valence-electron chi connectivity index (χ0n) is 14.9. The van der Waals surface area contributed by atoms with Gasteiger partial charge in [-0.2, -0.15) is 0 Å². The Hall–Kier alpha value is -1.77. The molecular weight excluding hydrogens is 358 g/mol. The molecule has 26 heavy (non-hydrogen) atoms. The van der Waals surface area contributed by atoms with Crippen molar-refractivity contribution < 1.29 is 28.9 Å². The molecule has 0 radical (unpaired) electrons. The lowest BCUT2D eigenvalue weighted by Gasteiger charge is -2.44. The van der Waals surface area contributed by atoms with Crippen LogP contribution in [0.1, 0.15) is 24.0 Å². The lowest BCUT2D eigenvalue weighted by molar-refractivity contribution is -0.228. The van der Waals surface area contributed by atoms with Gasteiger partial charge in [0, 0.05) is 36.4 Å². The predicted octanol–water partition coefficient (Wildman–Crippen LogP) is 2.05. The molecule has 0 saturated carbocycles. The maximum atomic E-state index is 12.1. The Bertz CT molecular complexity index is 699. The number of benzene rings is 1. The van der Waals surface area contributed by atoms with Crippen molar-refractivity contribution in [1.82, 2.24) is 4.90 Å². The smallest absolute Gasteiger partial charge is 0.329 e. The summed E-state index contributed by atoms with van der Waals surface area (Å²) in [6.45, 7) is 2.83. The third-order valence-electron chi connectivity index (χ3n) is 4.67. The molecule has 0 bridgehead atoms. The summed E-state index contributed by atoms with van der Waals surface area (Å²) >= 11 is 1.69. The second-order valence-electron chi connectivity index (χ2n) is 6.50. The van der Waals surface area contributed by atoms with Crippen molar-refractivity contribution in [3.63, 3.8) is 0 Å². The number of hydrogen-bond acceptors (Lipinski definition) is 6. The van der Waals surface area contributed by atoms with Crippen LogP contribution >= 0.6 is 11.8 Å². The molecule has 1 aromatic rings. The molecule has 0 aliphatic carbocycles. The fourth-order valence-corrected chi connectivity index (χ4v) is 3.82. The number of amides is 1. The molecular formula is C18H23NO6S. The number of carboxylic acids is 1. The second kappa shape index (κ2) is 7.85. The monoisotopic (exact) mass is 381 g/mol. The highest BCUT2D eigenvalue weighted by molar-refractivity contribution is 7.98. The van der Waals surface area contributed by atoms with Gasteiger partial charge in [0.2, 0.25) is 11.7 Å². The van der Waals surface area contributed by atoms with Crippen molar-refractivity contribution in [1.29, 1.82) is 0 Å². The molecule has 2 aliphatic heterocycles. The summed E-state index contributed by atoms with van der Waals surface area (Å²) in [5.74, 6) is -1.10. The third-order valence-corrected chi connectivity index (χ3v) is 5.38. The van der Waals surface area contributed by atoms with Gasteiger partial charge in [-0.3, -0.25) is 4.79 Å². The van der Waals surface area contributed by atoms with E-state index in [2.05, 4.69) is 12.1 Å². The van der Waals surface area contributed by atoms with Gasteiger partial charge in [-0.05, 0) is 30.9 Å². The molecule has 3 rings (SSSR count). The van der Waals surface area contributed by atoms with E-state index in [0.717, 1.165) is 16.9 Å². The average molecular weight is 381 g/mol. The van der Waals surface area contributed by atoms with E-state index in [0.29, 0.717) is 32.5 Å². The van der Waals surface area contributed by atoms with Crippen molar-refractivity contribution in [3.05, 3.63) is 23.3 Å². The van der Waals surface area contributed by atoms with Gasteiger partial charge in [0.1, 0.15) is 19.0 Å². The highest BCUT2D eigenvalue weighted by Gasteiger charge is 2.42. The van der Waals surface area contributed by atoms with Gasteiger partial charge < -0.3 is 24.2 Å². The van der Waals surface area contributed by atoms with E-state index in [9.17, 15) is 9.59 Å². The Morgan fingerprint density at radius 2 is 2.04 bits per heavy atom. The Morgan fingerprint density at radius 1 is 1.31 bits per heavy atom. The first-order valence-electron chi connectivity index (χ1n) is 8.50. The zero-order valence-corrected chi connectivity index (χ0v) is 15.8. The molecule has 1 spiro atoms. The highest BCUT2D eigenvalue weighted by Crippen LogP contribution is 2.40. The Labute approximate surface area is 156 Å². The van der Waals surface area contributed by atoms with E-state index >= 15 is 0 Å². The SMILES string of the molecule is CSc1cc(C)c2c(c1)COC1(CCN(C(=O)COCC(=O)O)CC1)O2. The number of piperidine rings is 1. The molecule has 142 valence electrons. The summed E-state index contributed by atoms with van der Waals surface area (Å²) in [5.41, 5.74) is 2.15. The van der Waals surface area contributed by atoms with Crippen molar-refractivity contribution in [3.8, 4) is 5.75 Å². The maximum absolute atomic E-state index is 12.1. The minimum absolute atomic E-state index is 0.210. The van der Waals surface area contributed by atoms with Crippen LogP contribution in [-0.4, -0.2) is 60.2 Å². The molecule has 1 amide bonds. The molecule has 1 saturated heterocycles. The highest BCUT2D eigenvalue weighted by atomic mass is 32.2. The molecule has 0 atom stereocenters. The van der Waals surface area contributed by atoms with Crippen LogP contribution in [0.25, 0.3) is 0 Å². The van der Waals surface area contributed by atoms with Crippen molar-refractivity contribution in [2.75, 3.05) is 32.6 Å². The quantitative estimate of drug-likeness (QED) is 0.781. The van der Waals surface area contributed by atoms with Gasteiger partial charge in [-0.25, -0.2) is 4.79 Å². The number of likely N-dealkylation sites (tertiary alicyclic amines) is 1. The van der Waals surface area contributed by atoms with E-state index in [-0.39, 0.29) is 12.5 Å². The summed E-state index contributed by atoms with van der Waals surface area (Å²) < 4.78 is 17.2. The number of aryl methyl sites for hydroxylation is 1. The number of carboxylic acid groups (broad SMARTS) is 1. The van der Waals surface area contributed by atoms with Gasteiger partial charge in [0.05, 0.1) is 6.61 Å². The fraction of sp³-hybridized carbons (Fsp3) is 0.556. The third kappa shape index (κ3) is 4.13. The molecule has 0 aromatic heterocycles. The van der Waals surface area contributed by atoms with Crippen LogP contribution in [0.3, 0.4) is 0 Å². The van der Waals surface area contributed by atoms with Gasteiger partial charge in [0.15, 0.2) is 0 Å². The summed E-state index contributed by atoms with van der Waals surface area (Å²) in [7, 11) is 0. The molecule has 8 heteroatoms. The van der Waals surface area contributed by atoms with E-state index in [1.165, 1.54) is 4.90 Å². The molecule has 2 heterocycles. The molecule has 2 aliphatic rings. The van der Waals surface area contributed by atoms with Crippen LogP contribution in [0.4, 0.5) is 0 Å². The first kappa shape index (κ1) is 19.0. The summed E-state index contributed by atoms with van der Waals surface area (Å²) in [6.07, 6.45) is 3.18. The number of ether oxygens (including phenoxy) is 3. The summed E-state index contributed by atoms with van der Waals surface area (Å²) in [5, 5.41) is 8.55. The van der Waals surface area contributed by atoms with Crippen molar-refractivity contribution in [2.45, 2.75) is 37.1 Å². The van der Waals surface area contributed by atoms with E-state index in [4.69, 9.17) is 19.3 Å². The van der Waals surface area contributed by atoms with Crippen LogP contribution in [-0.2, 0) is 25.7 Å². The fourth-order valence-electron chi connectivity index (χ4n) is 3.27. The minimum Gasteiger partial charge on any atom is -0.480 e. The number of rotatable bonds is 5. The van der Waals surface area contributed by atoms with E-state index in [1.54, 1.807) is 16.7 Å². The van der Waals surface area contributed by atoms with Crippen LogP contribution < -0.4 is 4.74 Å². The van der Waals surface area contributed by atoms with Crippen LogP contribution in [0.2, 0.25) is 0 Å². The molecule has 7 nitrogen and oxygen atoms in total. The number of carbonyl (C=O) groups is 2. The second-order valence-corrected chi connectivity index (χ2v) is 7.38. The van der Waals surface area contributed by atoms with Crippen LogP contribution in [0.15, 0.2) is 17.0 Å². The van der Waals surface area contributed by atoms with Crippen LogP contribution in [0, 0.1) is 6.92 Å². The van der Waals surface area contributed by atoms with Gasteiger partial charge in [-0.15, -0.1) is 11.8 Å². The number of carbonyl (C=O) groups excluding carboxylic acids is 1. The van der Waals surface area contributed by atoms with E-state index < -0.39 is 18.4 Å². The van der Waals surface area contributed by atoms with E-state index in [1.807, 2.05) is 13.2 Å². The van der Waals surface area contributed by atoms with Crippen molar-refractivity contribution in [2.24, 2.45) is 0 Å². The summed E-state index contributed by atoms with van der Waals surface area (Å²) in [4.78, 5) is 25.4. The molecule has 1 fully saturated rings. The topological polar surface area (TPSA) is 85.3 Å². The number of aliphatic carboxylic acids is 1. The largest absolute Gasteiger partial charge is 0.480 e. The lowest BCUT2D eigenvalue weighted by atomic mass is 10.0. The lowest BCUT2D eigenvalue weighted by Crippen LogP contribution is -2.53. The van der Waals surface area contributed by atoms with Gasteiger partial charge >= 0.3 is 5.97 Å². The molecule has 1 N–H and O–H groups in total. The Morgan fingerprint density at radius 3 is 2.69 bits per heavy atom. The maximum Gasteiger partial charge on any atom is 0.329 e. The summed E-state index contributed by atoms with van der Waals surface area (Å²) in [6, 6.07) is 4.21. The first-order valence-corrected chi connectivity index (χ1v) is 9.73. The Kier molecular flexibility index (Phi) is 5.74. The standard InChI is InChI=1S/C18H23NO6S/c1-12-7-14(26-2)8-13-9-24-18(25-17(12)13)3-5-19(6-4-18)15(20)10-23-11-16(21)22/h7-8H,3-6,9-11H2,1-2H3,(H,21,22). The predicted molar refractivity (Wildman–Crippen MR) is 95.4 cm³/mol. The Balaban J connectivity index is 1.59. The zero-order chi connectivity index (χ0) is 18.7. The number of fused-ring (bicyclic) bond motifs is 1. The number of hydrogen-bond donors (Lipinski definition) is 1. The van der Waals surface area contributed by atoms with Gasteiger partial charge in [-0.1, -0.05) is 0 Å². The molecule has 1 aromatic carbocycles. The first-order chi connectivity index (χ1) is 12.4. The number of nitrogens with zero attached hydrogens (tertiary/aromatic N) is 1. The minimum atomic E-state index is -1.09. The van der Waals surface area contributed by atoms with Crippen LogP contribution in [0.5, 0.6) is 5.75 Å².